The van der Waals surface area contributed by atoms with Crippen molar-refractivity contribution in [3.8, 4) is 0 Å². The van der Waals surface area contributed by atoms with Crippen LogP contribution >= 0.6 is 0 Å². The molecular weight excluding hydrogens is 248 g/mol. The van der Waals surface area contributed by atoms with Crippen molar-refractivity contribution in [3.63, 3.8) is 0 Å². The largest absolute Gasteiger partial charge is 0.478 e. The zero-order chi connectivity index (χ0) is 13.8. The molecule has 2 rings (SSSR count). The first-order valence-electron chi connectivity index (χ1n) is 6.03. The summed E-state index contributed by atoms with van der Waals surface area (Å²) in [4.78, 5) is 28.3. The van der Waals surface area contributed by atoms with E-state index < -0.39 is 5.97 Å². The Bertz CT molecular complexity index is 492. The van der Waals surface area contributed by atoms with E-state index in [0.717, 1.165) is 6.42 Å². The van der Waals surface area contributed by atoms with Crippen LogP contribution in [-0.2, 0) is 6.54 Å². The number of carboxylic acid groups (broad SMARTS) is 1. The highest BCUT2D eigenvalue weighted by molar-refractivity contribution is 5.87. The Morgan fingerprint density at radius 2 is 2.37 bits per heavy atom. The summed E-state index contributed by atoms with van der Waals surface area (Å²) in [7, 11) is 0. The Labute approximate surface area is 110 Å². The molecule has 0 spiro atoms. The van der Waals surface area contributed by atoms with Gasteiger partial charge >= 0.3 is 12.0 Å². The summed E-state index contributed by atoms with van der Waals surface area (Å²) in [5.74, 6) is -1.01. The van der Waals surface area contributed by atoms with Gasteiger partial charge in [-0.2, -0.15) is 0 Å². The molecule has 1 aromatic rings. The molecule has 2 heterocycles. The highest BCUT2D eigenvalue weighted by atomic mass is 16.4. The number of hydrogen-bond donors (Lipinski definition) is 3. The van der Waals surface area contributed by atoms with Crippen molar-refractivity contribution < 1.29 is 14.7 Å². The zero-order valence-corrected chi connectivity index (χ0v) is 10.4. The minimum absolute atomic E-state index is 0.0409. The Hall–Kier alpha value is -2.15. The number of nitrogens with two attached hydrogens (primary N) is 1. The number of hydrogen-bond acceptors (Lipinski definition) is 4. The Balaban J connectivity index is 1.90. The first kappa shape index (κ1) is 13.3. The second kappa shape index (κ2) is 5.66. The van der Waals surface area contributed by atoms with Gasteiger partial charge in [-0.3, -0.25) is 4.98 Å². The highest BCUT2D eigenvalue weighted by Gasteiger charge is 2.23. The Morgan fingerprint density at radius 1 is 1.58 bits per heavy atom. The van der Waals surface area contributed by atoms with Crippen LogP contribution in [-0.4, -0.2) is 46.1 Å². The maximum absolute atomic E-state index is 11.8. The van der Waals surface area contributed by atoms with Gasteiger partial charge in [0.1, 0.15) is 0 Å². The van der Waals surface area contributed by atoms with Crippen molar-refractivity contribution >= 4 is 12.0 Å². The van der Waals surface area contributed by atoms with Crippen molar-refractivity contribution in [2.24, 2.45) is 5.73 Å². The number of rotatable bonds is 3. The molecule has 1 saturated heterocycles. The van der Waals surface area contributed by atoms with Gasteiger partial charge in [0.25, 0.3) is 0 Å². The van der Waals surface area contributed by atoms with Crippen molar-refractivity contribution in [2.75, 3.05) is 13.1 Å². The maximum atomic E-state index is 11.8. The second-order valence-electron chi connectivity index (χ2n) is 4.49. The van der Waals surface area contributed by atoms with Crippen LogP contribution in [0.4, 0.5) is 4.79 Å². The van der Waals surface area contributed by atoms with Gasteiger partial charge in [-0.05, 0) is 18.6 Å². The summed E-state index contributed by atoms with van der Waals surface area (Å²) in [6, 6.07) is 2.69. The van der Waals surface area contributed by atoms with Crippen LogP contribution in [0.3, 0.4) is 0 Å². The van der Waals surface area contributed by atoms with Crippen molar-refractivity contribution in [1.29, 1.82) is 0 Å². The highest BCUT2D eigenvalue weighted by Crippen LogP contribution is 2.07. The van der Waals surface area contributed by atoms with Gasteiger partial charge in [0.15, 0.2) is 0 Å². The fourth-order valence-corrected chi connectivity index (χ4v) is 1.96. The summed E-state index contributed by atoms with van der Waals surface area (Å²) < 4.78 is 0. The first-order valence-corrected chi connectivity index (χ1v) is 6.03. The van der Waals surface area contributed by atoms with Crippen LogP contribution in [0.25, 0.3) is 0 Å². The van der Waals surface area contributed by atoms with Crippen LogP contribution in [0, 0.1) is 0 Å². The van der Waals surface area contributed by atoms with E-state index in [1.54, 1.807) is 4.90 Å². The molecule has 0 radical (unpaired) electrons. The average Bonchev–Trinajstić information content (AvgIpc) is 2.83. The van der Waals surface area contributed by atoms with Gasteiger partial charge in [-0.25, -0.2) is 9.59 Å². The second-order valence-corrected chi connectivity index (χ2v) is 4.49. The van der Waals surface area contributed by atoms with E-state index in [0.29, 0.717) is 18.8 Å². The van der Waals surface area contributed by atoms with E-state index in [2.05, 4.69) is 10.3 Å². The van der Waals surface area contributed by atoms with Crippen molar-refractivity contribution in [2.45, 2.75) is 19.0 Å². The number of likely N-dealkylation sites (tertiary alicyclic amines) is 1. The van der Waals surface area contributed by atoms with E-state index in [-0.39, 0.29) is 24.2 Å². The number of nitrogens with zero attached hydrogens (tertiary/aromatic N) is 2. The van der Waals surface area contributed by atoms with Crippen LogP contribution in [0.2, 0.25) is 0 Å². The Morgan fingerprint density at radius 3 is 3.00 bits per heavy atom. The standard InChI is InChI=1S/C12H16N4O3/c13-9-2-4-16(7-9)12(19)15-6-10-5-8(11(17)18)1-3-14-10/h1,3,5,9H,2,4,6-7,13H2,(H,15,19)(H,17,18). The number of pyridine rings is 1. The molecule has 0 saturated carbocycles. The number of carboxylic acids is 1. The number of amides is 2. The van der Waals surface area contributed by atoms with Crippen LogP contribution in [0.5, 0.6) is 0 Å². The first-order chi connectivity index (χ1) is 9.06. The van der Waals surface area contributed by atoms with Gasteiger partial charge in [0.2, 0.25) is 0 Å². The minimum Gasteiger partial charge on any atom is -0.478 e. The topological polar surface area (TPSA) is 109 Å². The van der Waals surface area contributed by atoms with E-state index in [1.807, 2.05) is 0 Å². The van der Waals surface area contributed by atoms with Crippen molar-refractivity contribution in [3.05, 3.63) is 29.6 Å². The molecule has 1 aliphatic heterocycles. The smallest absolute Gasteiger partial charge is 0.335 e. The maximum Gasteiger partial charge on any atom is 0.335 e. The number of urea groups is 1. The lowest BCUT2D eigenvalue weighted by atomic mass is 10.2. The molecule has 7 heteroatoms. The molecular formula is C12H16N4O3. The van der Waals surface area contributed by atoms with Crippen LogP contribution in [0.1, 0.15) is 22.5 Å². The molecule has 0 bridgehead atoms. The summed E-state index contributed by atoms with van der Waals surface area (Å²) in [6.45, 7) is 1.40. The normalized spacial score (nSPS) is 18.4. The molecule has 0 aromatic carbocycles. The molecule has 0 aliphatic carbocycles. The zero-order valence-electron chi connectivity index (χ0n) is 10.4. The lowest BCUT2D eigenvalue weighted by Gasteiger charge is -2.16. The number of nitrogens with one attached hydrogen (secondary N) is 1. The molecule has 4 N–H and O–H groups in total. The number of aromatic nitrogens is 1. The van der Waals surface area contributed by atoms with Crippen LogP contribution < -0.4 is 11.1 Å². The van der Waals surface area contributed by atoms with E-state index in [9.17, 15) is 9.59 Å². The molecule has 1 atom stereocenters. The molecule has 7 nitrogen and oxygen atoms in total. The summed E-state index contributed by atoms with van der Waals surface area (Å²) >= 11 is 0. The molecule has 1 aliphatic rings. The quantitative estimate of drug-likeness (QED) is 0.713. The predicted octanol–water partition coefficient (Wildman–Crippen LogP) is 0.0224. The molecule has 1 fully saturated rings. The van der Waals surface area contributed by atoms with Crippen LogP contribution in [0.15, 0.2) is 18.3 Å². The monoisotopic (exact) mass is 264 g/mol. The Kier molecular flexibility index (Phi) is 3.96. The molecule has 102 valence electrons. The number of carbonyl (C=O) groups excluding carboxylic acids is 1. The number of aromatic carboxylic acids is 1. The number of carbonyl (C=O) groups is 2. The van der Waals surface area contributed by atoms with E-state index in [4.69, 9.17) is 10.8 Å². The fraction of sp³-hybridized carbons (Fsp3) is 0.417. The van der Waals surface area contributed by atoms with E-state index in [1.165, 1.54) is 18.3 Å². The summed E-state index contributed by atoms with van der Waals surface area (Å²) in [6.07, 6.45) is 2.22. The van der Waals surface area contributed by atoms with Crippen molar-refractivity contribution in [1.82, 2.24) is 15.2 Å². The molecule has 19 heavy (non-hydrogen) atoms. The third-order valence-electron chi connectivity index (χ3n) is 3.00. The predicted molar refractivity (Wildman–Crippen MR) is 67.6 cm³/mol. The van der Waals surface area contributed by atoms with Gasteiger partial charge < -0.3 is 21.1 Å². The third kappa shape index (κ3) is 3.41. The van der Waals surface area contributed by atoms with Gasteiger partial charge in [0, 0.05) is 25.3 Å². The van der Waals surface area contributed by atoms with Gasteiger partial charge in [0.05, 0.1) is 17.8 Å². The lowest BCUT2D eigenvalue weighted by Crippen LogP contribution is -2.39. The fourth-order valence-electron chi connectivity index (χ4n) is 1.96. The van der Waals surface area contributed by atoms with E-state index >= 15 is 0 Å². The summed E-state index contributed by atoms with van der Waals surface area (Å²) in [5.41, 5.74) is 6.39. The third-order valence-corrected chi connectivity index (χ3v) is 3.00. The average molecular weight is 264 g/mol. The molecule has 1 aromatic heterocycles. The minimum atomic E-state index is -1.01. The lowest BCUT2D eigenvalue weighted by molar-refractivity contribution is 0.0696. The van der Waals surface area contributed by atoms with Gasteiger partial charge in [-0.1, -0.05) is 0 Å². The van der Waals surface area contributed by atoms with Gasteiger partial charge in [-0.15, -0.1) is 0 Å². The molecule has 2 amide bonds. The SMILES string of the molecule is NC1CCN(C(=O)NCc2cc(C(=O)O)ccn2)C1. The molecule has 1 unspecified atom stereocenters. The summed E-state index contributed by atoms with van der Waals surface area (Å²) in [5, 5.41) is 11.6.